The van der Waals surface area contributed by atoms with Crippen molar-refractivity contribution in [3.8, 4) is 0 Å². The van der Waals surface area contributed by atoms with Gasteiger partial charge in [0, 0.05) is 30.0 Å². The zero-order valence-corrected chi connectivity index (χ0v) is 13.4. The first kappa shape index (κ1) is 15.5. The Morgan fingerprint density at radius 1 is 1.22 bits per heavy atom. The molecule has 1 unspecified atom stereocenters. The molecule has 0 saturated heterocycles. The van der Waals surface area contributed by atoms with E-state index in [1.165, 1.54) is 0 Å². The second kappa shape index (κ2) is 6.38. The van der Waals surface area contributed by atoms with Gasteiger partial charge in [-0.15, -0.1) is 0 Å². The van der Waals surface area contributed by atoms with Gasteiger partial charge < -0.3 is 15.6 Å². The molecule has 1 aliphatic rings. The molecular formula is C18H21N3O2. The van der Waals surface area contributed by atoms with Crippen LogP contribution in [0.3, 0.4) is 0 Å². The van der Waals surface area contributed by atoms with E-state index in [-0.39, 0.29) is 17.7 Å². The first-order chi connectivity index (χ1) is 11.1. The van der Waals surface area contributed by atoms with Crippen molar-refractivity contribution >= 4 is 17.4 Å². The Morgan fingerprint density at radius 3 is 2.65 bits per heavy atom. The number of rotatable bonds is 4. The van der Waals surface area contributed by atoms with E-state index in [4.69, 9.17) is 0 Å². The van der Waals surface area contributed by atoms with Gasteiger partial charge in [-0.1, -0.05) is 12.1 Å². The fourth-order valence-corrected chi connectivity index (χ4v) is 2.93. The summed E-state index contributed by atoms with van der Waals surface area (Å²) in [5.41, 5.74) is 3.76. The lowest BCUT2D eigenvalue weighted by molar-refractivity contribution is 0.0956. The van der Waals surface area contributed by atoms with Gasteiger partial charge >= 0.3 is 0 Å². The third-order valence-corrected chi connectivity index (χ3v) is 4.42. The van der Waals surface area contributed by atoms with Gasteiger partial charge in [-0.05, 0) is 44.5 Å². The zero-order valence-electron chi connectivity index (χ0n) is 13.4. The van der Waals surface area contributed by atoms with Crippen molar-refractivity contribution in [2.75, 3.05) is 12.4 Å². The summed E-state index contributed by atoms with van der Waals surface area (Å²) in [6.45, 7) is 2.07. The summed E-state index contributed by atoms with van der Waals surface area (Å²) in [4.78, 5) is 27.6. The molecule has 3 rings (SSSR count). The first-order valence-corrected chi connectivity index (χ1v) is 7.92. The number of ketones is 1. The number of amides is 1. The Labute approximate surface area is 135 Å². The smallest absolute Gasteiger partial charge is 0.257 e. The molecule has 1 heterocycles. The quantitative estimate of drug-likeness (QED) is 0.812. The molecule has 1 aromatic carbocycles. The summed E-state index contributed by atoms with van der Waals surface area (Å²) in [5, 5.41) is 6.04. The Balaban J connectivity index is 1.77. The molecule has 0 radical (unpaired) electrons. The van der Waals surface area contributed by atoms with Crippen LogP contribution < -0.4 is 10.6 Å². The highest BCUT2D eigenvalue weighted by Crippen LogP contribution is 2.25. The van der Waals surface area contributed by atoms with Crippen LogP contribution in [0, 0.1) is 0 Å². The van der Waals surface area contributed by atoms with Crippen molar-refractivity contribution in [2.24, 2.45) is 0 Å². The highest BCUT2D eigenvalue weighted by atomic mass is 16.2. The monoisotopic (exact) mass is 311 g/mol. The average molecular weight is 311 g/mol. The van der Waals surface area contributed by atoms with Gasteiger partial charge in [0.15, 0.2) is 5.78 Å². The molecule has 1 atom stereocenters. The van der Waals surface area contributed by atoms with Gasteiger partial charge in [0.25, 0.3) is 5.91 Å². The maximum atomic E-state index is 12.5. The van der Waals surface area contributed by atoms with Gasteiger partial charge in [0.1, 0.15) is 0 Å². The van der Waals surface area contributed by atoms with Crippen LogP contribution in [0.15, 0.2) is 30.5 Å². The second-order valence-corrected chi connectivity index (χ2v) is 5.92. The van der Waals surface area contributed by atoms with Gasteiger partial charge in [-0.25, -0.2) is 0 Å². The number of anilines is 1. The lowest BCUT2D eigenvalue weighted by Gasteiger charge is -2.13. The SMILES string of the molecule is CNC(C)c1ccc(NC(=O)c2c[nH]c3c2C(=O)CCC3)cc1. The molecule has 5 heteroatoms. The Bertz CT molecular complexity index is 731. The number of aromatic amines is 1. The largest absolute Gasteiger partial charge is 0.364 e. The minimum absolute atomic E-state index is 0.0517. The molecule has 0 saturated carbocycles. The Morgan fingerprint density at radius 2 is 1.96 bits per heavy atom. The third kappa shape index (κ3) is 3.05. The van der Waals surface area contributed by atoms with Gasteiger partial charge in [0.05, 0.1) is 11.1 Å². The van der Waals surface area contributed by atoms with Gasteiger partial charge in [-0.3, -0.25) is 9.59 Å². The van der Waals surface area contributed by atoms with Crippen molar-refractivity contribution in [1.29, 1.82) is 0 Å². The van der Waals surface area contributed by atoms with Crippen LogP contribution in [0.1, 0.15) is 57.8 Å². The molecular weight excluding hydrogens is 290 g/mol. The van der Waals surface area contributed by atoms with Crippen molar-refractivity contribution in [2.45, 2.75) is 32.2 Å². The molecule has 0 bridgehead atoms. The summed E-state index contributed by atoms with van der Waals surface area (Å²) in [7, 11) is 1.91. The number of hydrogen-bond acceptors (Lipinski definition) is 3. The van der Waals surface area contributed by atoms with E-state index in [9.17, 15) is 9.59 Å². The van der Waals surface area contributed by atoms with E-state index in [1.54, 1.807) is 6.20 Å². The minimum Gasteiger partial charge on any atom is -0.364 e. The molecule has 23 heavy (non-hydrogen) atoms. The molecule has 3 N–H and O–H groups in total. The van der Waals surface area contributed by atoms with E-state index in [0.29, 0.717) is 17.5 Å². The van der Waals surface area contributed by atoms with Crippen LogP contribution in [0.5, 0.6) is 0 Å². The van der Waals surface area contributed by atoms with Crippen LogP contribution >= 0.6 is 0 Å². The van der Waals surface area contributed by atoms with E-state index < -0.39 is 0 Å². The molecule has 5 nitrogen and oxygen atoms in total. The van der Waals surface area contributed by atoms with E-state index in [1.807, 2.05) is 31.3 Å². The lowest BCUT2D eigenvalue weighted by Crippen LogP contribution is -2.18. The summed E-state index contributed by atoms with van der Waals surface area (Å²) >= 11 is 0. The van der Waals surface area contributed by atoms with Gasteiger partial charge in [0.2, 0.25) is 0 Å². The number of carbonyl (C=O) groups is 2. The molecule has 0 aliphatic heterocycles. The molecule has 1 aliphatic carbocycles. The topological polar surface area (TPSA) is 74.0 Å². The third-order valence-electron chi connectivity index (χ3n) is 4.42. The minimum atomic E-state index is -0.243. The number of aromatic nitrogens is 1. The van der Waals surface area contributed by atoms with Crippen LogP contribution in [-0.4, -0.2) is 23.7 Å². The predicted octanol–water partition coefficient (Wildman–Crippen LogP) is 3.07. The molecule has 1 amide bonds. The van der Waals surface area contributed by atoms with Crippen molar-refractivity contribution < 1.29 is 9.59 Å². The highest BCUT2D eigenvalue weighted by molar-refractivity contribution is 6.13. The number of benzene rings is 1. The molecule has 120 valence electrons. The Hall–Kier alpha value is -2.40. The van der Waals surface area contributed by atoms with Crippen LogP contribution in [0.2, 0.25) is 0 Å². The number of Topliss-reactive ketones (excluding diaryl/α,β-unsaturated/α-hetero) is 1. The molecule has 0 fully saturated rings. The molecule has 2 aromatic rings. The van der Waals surface area contributed by atoms with Crippen LogP contribution in [0.25, 0.3) is 0 Å². The lowest BCUT2D eigenvalue weighted by atomic mass is 9.93. The van der Waals surface area contributed by atoms with E-state index >= 15 is 0 Å². The first-order valence-electron chi connectivity index (χ1n) is 7.92. The number of fused-ring (bicyclic) bond motifs is 1. The average Bonchev–Trinajstić information content (AvgIpc) is 3.00. The highest BCUT2D eigenvalue weighted by Gasteiger charge is 2.25. The number of carbonyl (C=O) groups excluding carboxylic acids is 2. The Kier molecular flexibility index (Phi) is 4.30. The number of H-pyrrole nitrogens is 1. The van der Waals surface area contributed by atoms with Gasteiger partial charge in [-0.2, -0.15) is 0 Å². The second-order valence-electron chi connectivity index (χ2n) is 5.92. The normalized spacial score (nSPS) is 15.1. The fraction of sp³-hybridized carbons (Fsp3) is 0.333. The summed E-state index contributed by atoms with van der Waals surface area (Å²) in [6, 6.07) is 7.97. The van der Waals surface area contributed by atoms with Crippen LogP contribution in [0.4, 0.5) is 5.69 Å². The molecule has 1 aromatic heterocycles. The molecule has 0 spiro atoms. The number of hydrogen-bond donors (Lipinski definition) is 3. The zero-order chi connectivity index (χ0) is 16.4. The number of nitrogens with one attached hydrogen (secondary N) is 3. The summed E-state index contributed by atoms with van der Waals surface area (Å²) in [6.07, 6.45) is 3.83. The predicted molar refractivity (Wildman–Crippen MR) is 89.9 cm³/mol. The van der Waals surface area contributed by atoms with Crippen molar-refractivity contribution in [1.82, 2.24) is 10.3 Å². The van der Waals surface area contributed by atoms with Crippen LogP contribution in [-0.2, 0) is 6.42 Å². The van der Waals surface area contributed by atoms with E-state index in [2.05, 4.69) is 22.5 Å². The maximum Gasteiger partial charge on any atom is 0.257 e. The van der Waals surface area contributed by atoms with E-state index in [0.717, 1.165) is 29.8 Å². The maximum absolute atomic E-state index is 12.5. The van der Waals surface area contributed by atoms with Crippen molar-refractivity contribution in [3.63, 3.8) is 0 Å². The summed E-state index contributed by atoms with van der Waals surface area (Å²) < 4.78 is 0. The standard InChI is InChI=1S/C18H21N3O2/c1-11(19-2)12-6-8-13(9-7-12)21-18(23)14-10-20-15-4-3-5-16(22)17(14)15/h6-11,19-20H,3-5H2,1-2H3,(H,21,23). The van der Waals surface area contributed by atoms with Crippen molar-refractivity contribution in [3.05, 3.63) is 52.8 Å². The number of aryl methyl sites for hydroxylation is 1. The fourth-order valence-electron chi connectivity index (χ4n) is 2.93. The summed E-state index contributed by atoms with van der Waals surface area (Å²) in [5.74, 6) is -0.192.